The van der Waals surface area contributed by atoms with Gasteiger partial charge in [-0.05, 0) is 13.0 Å². The molecule has 16 heteroatoms. The van der Waals surface area contributed by atoms with E-state index >= 15 is 0 Å². The van der Waals surface area contributed by atoms with Crippen molar-refractivity contribution < 1.29 is 90.8 Å². The van der Waals surface area contributed by atoms with Gasteiger partial charge in [0.1, 0.15) is 29.0 Å². The van der Waals surface area contributed by atoms with Crippen LogP contribution in [0.4, 0.5) is 0 Å². The maximum Gasteiger partial charge on any atom is 0.202 e. The van der Waals surface area contributed by atoms with Crippen molar-refractivity contribution in [1.29, 1.82) is 0 Å². The Morgan fingerprint density at radius 3 is 2.53 bits per heavy atom. The molecule has 0 aromatic heterocycles. The van der Waals surface area contributed by atoms with Gasteiger partial charge < -0.3 is 50.7 Å². The largest absolute Gasteiger partial charge is 0.507 e. The van der Waals surface area contributed by atoms with Gasteiger partial charge >= 0.3 is 0 Å². The van der Waals surface area contributed by atoms with Crippen molar-refractivity contribution in [3.05, 3.63) is 58.5 Å². The SMILES string of the molecule is [B]P.[CH2-]CCCC(=O)[C@]1(O)Cc2c(O)c3c(c(O)c2[C@@H](OC2C[C@H]4[C@H](O[C@@H]5[C@@H](OC)OCCN54)[C@H](C)O2)C1)C(=O)c1c(OC)cccc1C3=O.[Y]. The maximum absolute atomic E-state index is 14.0. The van der Waals surface area contributed by atoms with Crippen molar-refractivity contribution in [2.45, 2.75) is 94.2 Å². The Balaban J connectivity index is 0.00000165. The average Bonchev–Trinajstić information content (AvgIpc) is 3.50. The first kappa shape index (κ1) is 40.4. The third kappa shape index (κ3) is 6.88. The second kappa shape index (κ2) is 16.3. The van der Waals surface area contributed by atoms with E-state index in [0.29, 0.717) is 32.4 Å². The van der Waals surface area contributed by atoms with Crippen LogP contribution in [0.3, 0.4) is 0 Å². The summed E-state index contributed by atoms with van der Waals surface area (Å²) in [5.74, 6) is -2.91. The second-order valence-corrected chi connectivity index (χ2v) is 13.1. The number of ether oxygens (including phenoxy) is 6. The number of hydrogen-bond acceptors (Lipinski definition) is 13. The van der Waals surface area contributed by atoms with E-state index in [4.69, 9.17) is 28.4 Å². The molecular formula is C35H42BNO12PY-. The molecule has 5 aliphatic rings. The first-order chi connectivity index (χ1) is 24.0. The summed E-state index contributed by atoms with van der Waals surface area (Å²) in [5.41, 5.74) is -2.85. The number of carbonyl (C=O) groups is 3. The van der Waals surface area contributed by atoms with Crippen molar-refractivity contribution in [3.63, 3.8) is 0 Å². The summed E-state index contributed by atoms with van der Waals surface area (Å²) >= 11 is 0. The molecule has 271 valence electrons. The molecule has 0 amide bonds. The number of aromatic hydroxyl groups is 2. The summed E-state index contributed by atoms with van der Waals surface area (Å²) in [6.45, 7) is 6.69. The normalized spacial score (nSPS) is 30.7. The third-order valence-electron chi connectivity index (χ3n) is 10.4. The molecule has 2 aliphatic carbocycles. The molecule has 2 aromatic carbocycles. The zero-order valence-electron chi connectivity index (χ0n) is 28.8. The molecule has 3 N–H and O–H groups in total. The predicted molar refractivity (Wildman–Crippen MR) is 181 cm³/mol. The van der Waals surface area contributed by atoms with E-state index in [0.717, 1.165) is 0 Å². The van der Waals surface area contributed by atoms with Crippen molar-refractivity contribution in [3.8, 4) is 17.2 Å². The summed E-state index contributed by atoms with van der Waals surface area (Å²) in [4.78, 5) is 43.4. The number of phenols is 2. The summed E-state index contributed by atoms with van der Waals surface area (Å²) in [5, 5.41) is 35.5. The topological polar surface area (TPSA) is 171 Å². The average molecular weight is 799 g/mol. The van der Waals surface area contributed by atoms with Crippen LogP contribution >= 0.6 is 9.12 Å². The van der Waals surface area contributed by atoms with Crippen LogP contribution in [0.15, 0.2) is 18.2 Å². The van der Waals surface area contributed by atoms with Crippen LogP contribution in [0.25, 0.3) is 0 Å². The van der Waals surface area contributed by atoms with Gasteiger partial charge in [0.05, 0.1) is 50.2 Å². The number of fused-ring (bicyclic) bond motifs is 6. The molecule has 7 rings (SSSR count). The minimum Gasteiger partial charge on any atom is -0.507 e. The van der Waals surface area contributed by atoms with Gasteiger partial charge in [-0.25, -0.2) is 0 Å². The maximum atomic E-state index is 14.0. The summed E-state index contributed by atoms with van der Waals surface area (Å²) < 4.78 is 35.7. The molecule has 9 atom stereocenters. The second-order valence-electron chi connectivity index (χ2n) is 13.1. The number of ketones is 3. The Labute approximate surface area is 325 Å². The number of methoxy groups -OCH3 is 2. The quantitative estimate of drug-likeness (QED) is 0.132. The number of Topliss-reactive ketones (excluding diaryl/α,β-unsaturated/α-hetero) is 1. The monoisotopic (exact) mass is 799 g/mol. The number of unbranched alkanes of at least 4 members (excludes halogenated alkanes) is 1. The molecule has 3 aliphatic heterocycles. The Kier molecular flexibility index (Phi) is 12.9. The van der Waals surface area contributed by atoms with Crippen LogP contribution in [0.2, 0.25) is 0 Å². The molecule has 2 unspecified atom stereocenters. The molecule has 0 saturated carbocycles. The van der Waals surface area contributed by atoms with E-state index < -0.39 is 77.4 Å². The van der Waals surface area contributed by atoms with Crippen molar-refractivity contribution in [2.24, 2.45) is 0 Å². The van der Waals surface area contributed by atoms with E-state index in [1.165, 1.54) is 19.2 Å². The van der Waals surface area contributed by atoms with Gasteiger partial charge in [-0.1, -0.05) is 18.6 Å². The molecule has 51 heavy (non-hydrogen) atoms. The van der Waals surface area contributed by atoms with Gasteiger partial charge in [-0.15, -0.1) is 0 Å². The Morgan fingerprint density at radius 2 is 1.84 bits per heavy atom. The Hall–Kier alpha value is -1.83. The number of carbonyl (C=O) groups excluding carboxylic acids is 3. The van der Waals surface area contributed by atoms with Crippen molar-refractivity contribution >= 4 is 34.0 Å². The van der Waals surface area contributed by atoms with Gasteiger partial charge in [0.15, 0.2) is 30.4 Å². The number of nitrogens with zero attached hydrogens (tertiary/aromatic N) is 1. The number of aliphatic hydroxyl groups is 1. The smallest absolute Gasteiger partial charge is 0.202 e. The van der Waals surface area contributed by atoms with E-state index in [2.05, 4.69) is 19.4 Å². The Morgan fingerprint density at radius 1 is 1.12 bits per heavy atom. The first-order valence-corrected chi connectivity index (χ1v) is 17.3. The molecule has 0 spiro atoms. The van der Waals surface area contributed by atoms with E-state index in [1.807, 2.05) is 16.0 Å². The van der Waals surface area contributed by atoms with Crippen LogP contribution in [-0.4, -0.2) is 115 Å². The number of phenolic OH excluding ortho intramolecular Hbond substituents is 2. The van der Waals surface area contributed by atoms with Gasteiger partial charge in [0, 0.05) is 94.8 Å². The molecule has 13 nitrogen and oxygen atoms in total. The molecular weight excluding hydrogens is 757 g/mol. The van der Waals surface area contributed by atoms with Crippen LogP contribution in [0.5, 0.6) is 17.2 Å². The predicted octanol–water partition coefficient (Wildman–Crippen LogP) is 2.67. The van der Waals surface area contributed by atoms with Gasteiger partial charge in [0.25, 0.3) is 0 Å². The number of rotatable bonds is 8. The fourth-order valence-corrected chi connectivity index (χ4v) is 8.06. The third-order valence-corrected chi connectivity index (χ3v) is 10.4. The molecule has 0 bridgehead atoms. The summed E-state index contributed by atoms with van der Waals surface area (Å²) in [7, 11) is 9.25. The molecule has 3 saturated heterocycles. The van der Waals surface area contributed by atoms with Gasteiger partial charge in [-0.2, -0.15) is 15.5 Å². The minimum absolute atomic E-state index is 0. The van der Waals surface area contributed by atoms with E-state index in [9.17, 15) is 29.7 Å². The van der Waals surface area contributed by atoms with Gasteiger partial charge in [0.2, 0.25) is 5.78 Å². The van der Waals surface area contributed by atoms with E-state index in [1.54, 1.807) is 13.2 Å². The fourth-order valence-electron chi connectivity index (χ4n) is 8.06. The fraction of sp³-hybridized carbons (Fsp3) is 0.543. The molecule has 3 radical (unpaired) electrons. The van der Waals surface area contributed by atoms with Crippen LogP contribution in [-0.2, 0) is 67.6 Å². The zero-order valence-corrected chi connectivity index (χ0v) is 32.8. The van der Waals surface area contributed by atoms with Gasteiger partial charge in [-0.3, -0.25) is 19.3 Å². The van der Waals surface area contributed by atoms with Crippen LogP contribution in [0.1, 0.15) is 88.1 Å². The van der Waals surface area contributed by atoms with Crippen molar-refractivity contribution in [1.82, 2.24) is 4.90 Å². The number of benzene rings is 2. The zero-order chi connectivity index (χ0) is 36.1. The summed E-state index contributed by atoms with van der Waals surface area (Å²) in [6, 6.07) is 4.38. The molecule has 2 aromatic rings. The molecule has 3 heterocycles. The van der Waals surface area contributed by atoms with Crippen LogP contribution in [0, 0.1) is 6.92 Å². The Bertz CT molecular complexity index is 1680. The van der Waals surface area contributed by atoms with Crippen molar-refractivity contribution in [2.75, 3.05) is 27.4 Å². The minimum atomic E-state index is -2.01. The number of morpholine rings is 1. The molecule has 3 fully saturated rings. The standard InChI is InChI=1S/C35H40NO12.BH2P.Y/c1-5-6-10-22(37)35(42)14-18-25(31(41)27-26(29(18)39)28(38)17-8-7-9-20(43-3)24(17)30(27)40)21(15-35)47-23-13-19-32(16(2)46-23)48-33-34(44-4)45-12-11-36(19)33;1-2;/h7-9,16,19,21,23,32-34,39,41-42H,1,5-6,10-15H2,2-4H3;2H2;/q-1;;/t16-,19-,21-,23?,32+,33+,34-,35-;;/m0../s1. The van der Waals surface area contributed by atoms with E-state index in [-0.39, 0.29) is 91.3 Å². The first-order valence-electron chi connectivity index (χ1n) is 16.6. The van der Waals surface area contributed by atoms with Crippen LogP contribution < -0.4 is 4.74 Å². The summed E-state index contributed by atoms with van der Waals surface area (Å²) in [6.07, 6.45) is -3.26. The number of hydrogen-bond donors (Lipinski definition) is 3.